The lowest BCUT2D eigenvalue weighted by Gasteiger charge is -2.40. The molecule has 0 saturated heterocycles. The number of ether oxygens (including phenoxy) is 2. The van der Waals surface area contributed by atoms with Crippen LogP contribution >= 0.6 is 0 Å². The van der Waals surface area contributed by atoms with Crippen molar-refractivity contribution in [2.24, 2.45) is 10.9 Å². The van der Waals surface area contributed by atoms with Crippen molar-refractivity contribution in [1.82, 2.24) is 0 Å². The molecule has 0 amide bonds. The fraction of sp³-hybridized carbons (Fsp3) is 0.261. The van der Waals surface area contributed by atoms with E-state index in [-0.39, 0.29) is 17.6 Å². The number of primary sulfonamides is 1. The van der Waals surface area contributed by atoms with Gasteiger partial charge in [-0.25, -0.2) is 13.6 Å². The summed E-state index contributed by atoms with van der Waals surface area (Å²) in [6.07, 6.45) is 3.69. The van der Waals surface area contributed by atoms with Crippen molar-refractivity contribution in [1.29, 1.82) is 5.26 Å². The number of hydrogen-bond donors (Lipinski definition) is 2. The first kappa shape index (κ1) is 20.4. The van der Waals surface area contributed by atoms with Gasteiger partial charge in [0.1, 0.15) is 5.82 Å². The summed E-state index contributed by atoms with van der Waals surface area (Å²) in [7, 11) is -3.80. The van der Waals surface area contributed by atoms with Crippen LogP contribution < -0.4 is 25.2 Å². The number of rotatable bonds is 3. The molecule has 4 N–H and O–H groups in total. The zero-order valence-electron chi connectivity index (χ0n) is 17.2. The van der Waals surface area contributed by atoms with Crippen molar-refractivity contribution in [3.8, 4) is 17.6 Å². The van der Waals surface area contributed by atoms with Crippen LogP contribution in [0.5, 0.6) is 11.5 Å². The van der Waals surface area contributed by atoms with Gasteiger partial charge in [-0.3, -0.25) is 0 Å². The quantitative estimate of drug-likeness (QED) is 0.734. The molecule has 0 unspecified atom stereocenters. The highest BCUT2D eigenvalue weighted by Gasteiger charge is 2.37. The van der Waals surface area contributed by atoms with Crippen molar-refractivity contribution >= 4 is 15.7 Å². The minimum absolute atomic E-state index is 0.0254. The second-order valence-electron chi connectivity index (χ2n) is 8.01. The smallest absolute Gasteiger partial charge is 0.238 e. The first-order valence-electron chi connectivity index (χ1n) is 10.3. The van der Waals surface area contributed by atoms with E-state index in [0.29, 0.717) is 28.6 Å². The Hall–Kier alpha value is -3.48. The number of benzene rings is 2. The summed E-state index contributed by atoms with van der Waals surface area (Å²) in [5, 5.41) is 15.3. The zero-order valence-corrected chi connectivity index (χ0v) is 18.1. The fourth-order valence-corrected chi connectivity index (χ4v) is 5.24. The number of anilines is 1. The molecular formula is C23H22N4O4S. The van der Waals surface area contributed by atoms with Gasteiger partial charge in [0.2, 0.25) is 16.8 Å². The van der Waals surface area contributed by atoms with E-state index in [2.05, 4.69) is 6.07 Å². The Bertz CT molecular complexity index is 1310. The molecule has 0 aromatic heterocycles. The van der Waals surface area contributed by atoms with Crippen LogP contribution in [0.1, 0.15) is 37.2 Å². The summed E-state index contributed by atoms with van der Waals surface area (Å²) in [6, 6.07) is 14.3. The van der Waals surface area contributed by atoms with Gasteiger partial charge in [0.25, 0.3) is 0 Å². The van der Waals surface area contributed by atoms with Crippen molar-refractivity contribution in [2.45, 2.75) is 36.5 Å². The summed E-state index contributed by atoms with van der Waals surface area (Å²) in [5.41, 5.74) is 10.9. The van der Waals surface area contributed by atoms with Crippen LogP contribution in [0.2, 0.25) is 0 Å². The topological polar surface area (TPSA) is 132 Å². The van der Waals surface area contributed by atoms with Crippen molar-refractivity contribution < 1.29 is 17.9 Å². The molecule has 2 heterocycles. The Morgan fingerprint density at radius 2 is 1.75 bits per heavy atom. The Morgan fingerprint density at radius 1 is 1.03 bits per heavy atom. The second kappa shape index (κ2) is 7.58. The van der Waals surface area contributed by atoms with E-state index in [1.165, 1.54) is 12.1 Å². The number of nitriles is 1. The van der Waals surface area contributed by atoms with Crippen LogP contribution in [0, 0.1) is 11.3 Å². The fourth-order valence-electron chi connectivity index (χ4n) is 4.73. The predicted octanol–water partition coefficient (Wildman–Crippen LogP) is 3.19. The molecular weight excluding hydrogens is 428 g/mol. The van der Waals surface area contributed by atoms with E-state index in [1.807, 2.05) is 23.1 Å². The molecule has 2 aromatic rings. The van der Waals surface area contributed by atoms with Crippen LogP contribution in [-0.2, 0) is 10.0 Å². The van der Waals surface area contributed by atoms with Crippen molar-refractivity contribution in [2.75, 3.05) is 11.7 Å². The van der Waals surface area contributed by atoms with E-state index >= 15 is 0 Å². The Labute approximate surface area is 186 Å². The number of sulfonamides is 1. The largest absolute Gasteiger partial charge is 0.454 e. The van der Waals surface area contributed by atoms with Gasteiger partial charge >= 0.3 is 0 Å². The van der Waals surface area contributed by atoms with Crippen LogP contribution in [-0.4, -0.2) is 15.2 Å². The average Bonchev–Trinajstić information content (AvgIpc) is 3.26. The van der Waals surface area contributed by atoms with Crippen LogP contribution in [0.25, 0.3) is 0 Å². The summed E-state index contributed by atoms with van der Waals surface area (Å²) in [6.45, 7) is 0.183. The van der Waals surface area contributed by atoms with E-state index in [1.54, 1.807) is 12.1 Å². The maximum atomic E-state index is 11.7. The van der Waals surface area contributed by atoms with Gasteiger partial charge in [0.15, 0.2) is 11.5 Å². The average molecular weight is 451 g/mol. The van der Waals surface area contributed by atoms with Crippen LogP contribution in [0.3, 0.4) is 0 Å². The summed E-state index contributed by atoms with van der Waals surface area (Å²) in [4.78, 5) is 1.90. The standard InChI is InChI=1S/C23H22N4O4S/c24-12-18-22(14-5-10-20-21(11-14)31-13-30-20)17-3-1-2-4-19(17)27(23(18)25)15-6-8-16(9-7-15)32(26,28)29/h5-11,22H,1-4,13,25H2,(H2,26,28,29)/t22-/m0/s1. The van der Waals surface area contributed by atoms with Gasteiger partial charge in [-0.2, -0.15) is 5.26 Å². The van der Waals surface area contributed by atoms with Crippen molar-refractivity contribution in [3.05, 3.63) is 70.7 Å². The highest BCUT2D eigenvalue weighted by Crippen LogP contribution is 2.48. The Morgan fingerprint density at radius 3 is 2.47 bits per heavy atom. The lowest BCUT2D eigenvalue weighted by Crippen LogP contribution is -2.36. The predicted molar refractivity (Wildman–Crippen MR) is 118 cm³/mol. The van der Waals surface area contributed by atoms with Crippen LogP contribution in [0.15, 0.2) is 70.0 Å². The molecule has 0 bridgehead atoms. The molecule has 0 spiro atoms. The number of hydrogen-bond acceptors (Lipinski definition) is 7. The number of allylic oxidation sites excluding steroid dienone is 3. The minimum Gasteiger partial charge on any atom is -0.454 e. The van der Waals surface area contributed by atoms with E-state index in [4.69, 9.17) is 20.3 Å². The monoisotopic (exact) mass is 450 g/mol. The molecule has 0 radical (unpaired) electrons. The third kappa shape index (κ3) is 3.28. The molecule has 2 aliphatic heterocycles. The van der Waals surface area contributed by atoms with Gasteiger partial charge in [0, 0.05) is 17.3 Å². The van der Waals surface area contributed by atoms with Gasteiger partial charge < -0.3 is 20.1 Å². The maximum absolute atomic E-state index is 11.7. The van der Waals surface area contributed by atoms with E-state index in [0.717, 1.165) is 42.5 Å². The molecule has 164 valence electrons. The molecule has 5 rings (SSSR count). The molecule has 3 aliphatic rings. The van der Waals surface area contributed by atoms with Gasteiger partial charge in [0.05, 0.1) is 16.5 Å². The van der Waals surface area contributed by atoms with Gasteiger partial charge in [-0.05, 0) is 73.2 Å². The van der Waals surface area contributed by atoms with Crippen LogP contribution in [0.4, 0.5) is 5.69 Å². The molecule has 2 aromatic carbocycles. The summed E-state index contributed by atoms with van der Waals surface area (Å²) in [5.74, 6) is 1.44. The van der Waals surface area contributed by atoms with Gasteiger partial charge in [-0.1, -0.05) is 6.07 Å². The molecule has 0 saturated carbocycles. The highest BCUT2D eigenvalue weighted by atomic mass is 32.2. The Kier molecular flexibility index (Phi) is 4.84. The summed E-state index contributed by atoms with van der Waals surface area (Å²) >= 11 is 0. The van der Waals surface area contributed by atoms with Gasteiger partial charge in [-0.15, -0.1) is 0 Å². The highest BCUT2D eigenvalue weighted by molar-refractivity contribution is 7.89. The maximum Gasteiger partial charge on any atom is 0.238 e. The molecule has 1 atom stereocenters. The molecule has 8 nitrogen and oxygen atoms in total. The lowest BCUT2D eigenvalue weighted by molar-refractivity contribution is 0.174. The number of nitrogens with zero attached hydrogens (tertiary/aromatic N) is 2. The normalized spacial score (nSPS) is 20.2. The number of fused-ring (bicyclic) bond motifs is 1. The first-order chi connectivity index (χ1) is 15.4. The van der Waals surface area contributed by atoms with E-state index in [9.17, 15) is 13.7 Å². The Balaban J connectivity index is 1.64. The van der Waals surface area contributed by atoms with E-state index < -0.39 is 10.0 Å². The molecule has 9 heteroatoms. The second-order valence-corrected chi connectivity index (χ2v) is 9.57. The molecule has 0 fully saturated rings. The number of nitrogens with two attached hydrogens (primary N) is 2. The first-order valence-corrected chi connectivity index (χ1v) is 11.9. The minimum atomic E-state index is -3.80. The lowest BCUT2D eigenvalue weighted by atomic mass is 9.76. The zero-order chi connectivity index (χ0) is 22.5. The molecule has 32 heavy (non-hydrogen) atoms. The summed E-state index contributed by atoms with van der Waals surface area (Å²) < 4.78 is 34.3. The molecule has 1 aliphatic carbocycles. The third-order valence-corrected chi connectivity index (χ3v) is 7.11. The SMILES string of the molecule is N#CC1=C(N)N(c2ccc(S(N)(=O)=O)cc2)C2=C(CCCC2)[C@@H]1c1ccc2c(c1)OCO2. The van der Waals surface area contributed by atoms with Crippen molar-refractivity contribution in [3.63, 3.8) is 0 Å². The third-order valence-electron chi connectivity index (χ3n) is 6.18.